The first-order valence-corrected chi connectivity index (χ1v) is 11.3. The highest BCUT2D eigenvalue weighted by atomic mass is 32.2. The average Bonchev–Trinajstić information content (AvgIpc) is 3.19. The summed E-state index contributed by atoms with van der Waals surface area (Å²) >= 11 is 0. The Morgan fingerprint density at radius 1 is 0.967 bits per heavy atom. The van der Waals surface area contributed by atoms with E-state index in [4.69, 9.17) is 4.74 Å². The van der Waals surface area contributed by atoms with Gasteiger partial charge in [0.05, 0.1) is 23.4 Å². The van der Waals surface area contributed by atoms with Crippen LogP contribution < -0.4 is 14.5 Å². The zero-order valence-electron chi connectivity index (χ0n) is 16.8. The van der Waals surface area contributed by atoms with Gasteiger partial charge in [-0.15, -0.1) is 0 Å². The number of hydrogen-bond acceptors (Lipinski definition) is 5. The van der Waals surface area contributed by atoms with Crippen molar-refractivity contribution in [1.82, 2.24) is 4.31 Å². The molecule has 0 atom stereocenters. The molecule has 0 aromatic heterocycles. The van der Waals surface area contributed by atoms with Gasteiger partial charge in [0.2, 0.25) is 15.9 Å². The van der Waals surface area contributed by atoms with E-state index in [0.717, 1.165) is 6.42 Å². The van der Waals surface area contributed by atoms with Crippen molar-refractivity contribution in [3.8, 4) is 5.75 Å². The molecule has 2 aromatic rings. The smallest absolute Gasteiger partial charge is 0.243 e. The second-order valence-corrected chi connectivity index (χ2v) is 9.26. The summed E-state index contributed by atoms with van der Waals surface area (Å²) < 4.78 is 47.3. The van der Waals surface area contributed by atoms with Crippen molar-refractivity contribution in [2.45, 2.75) is 17.7 Å². The van der Waals surface area contributed by atoms with Gasteiger partial charge in [-0.25, -0.2) is 12.8 Å². The van der Waals surface area contributed by atoms with Crippen LogP contribution in [0.15, 0.2) is 47.4 Å². The number of ether oxygens (including phenoxy) is 1. The van der Waals surface area contributed by atoms with Gasteiger partial charge in [0.15, 0.2) is 0 Å². The third kappa shape index (κ3) is 3.75. The largest absolute Gasteiger partial charge is 0.495 e. The second-order valence-electron chi connectivity index (χ2n) is 7.33. The molecule has 2 saturated heterocycles. The molecule has 0 aliphatic carbocycles. The van der Waals surface area contributed by atoms with E-state index in [1.54, 1.807) is 29.2 Å². The number of hydrogen-bond donors (Lipinski definition) is 0. The van der Waals surface area contributed by atoms with Crippen LogP contribution in [0.5, 0.6) is 5.75 Å². The highest BCUT2D eigenvalue weighted by Crippen LogP contribution is 2.34. The molecular weight excluding hydrogens is 409 g/mol. The van der Waals surface area contributed by atoms with Crippen LogP contribution >= 0.6 is 0 Å². The first-order valence-electron chi connectivity index (χ1n) is 9.90. The molecule has 2 aromatic carbocycles. The topological polar surface area (TPSA) is 70.2 Å². The van der Waals surface area contributed by atoms with Crippen LogP contribution in [0.2, 0.25) is 0 Å². The lowest BCUT2D eigenvalue weighted by Gasteiger charge is -2.35. The number of nitrogens with zero attached hydrogens (tertiary/aromatic N) is 3. The second kappa shape index (κ2) is 8.23. The third-order valence-electron chi connectivity index (χ3n) is 5.58. The van der Waals surface area contributed by atoms with Crippen molar-refractivity contribution < 1.29 is 22.3 Å². The minimum atomic E-state index is -3.75. The van der Waals surface area contributed by atoms with Crippen molar-refractivity contribution in [2.75, 3.05) is 49.6 Å². The molecule has 0 N–H and O–H groups in total. The average molecular weight is 434 g/mol. The maximum Gasteiger partial charge on any atom is 0.243 e. The lowest BCUT2D eigenvalue weighted by Crippen LogP contribution is -2.48. The summed E-state index contributed by atoms with van der Waals surface area (Å²) in [7, 11) is -2.26. The Morgan fingerprint density at radius 3 is 2.33 bits per heavy atom. The molecule has 2 aliphatic rings. The van der Waals surface area contributed by atoms with Gasteiger partial charge in [0.1, 0.15) is 11.6 Å². The molecule has 9 heteroatoms. The Labute approximate surface area is 175 Å². The molecule has 2 heterocycles. The normalized spacial score (nSPS) is 18.1. The molecule has 1 amide bonds. The molecule has 0 radical (unpaired) electrons. The molecule has 2 fully saturated rings. The molecule has 0 unspecified atom stereocenters. The lowest BCUT2D eigenvalue weighted by molar-refractivity contribution is -0.117. The number of carbonyl (C=O) groups excluding carboxylic acids is 1. The number of rotatable bonds is 5. The molecule has 4 rings (SSSR count). The standard InChI is InChI=1S/C21H24FN3O4S/c1-29-20-9-8-16(15-19(20)25-10-4-7-21(25)26)30(27,28)24-13-11-23(12-14-24)18-6-3-2-5-17(18)22/h2-3,5-6,8-9,15H,4,7,10-14H2,1H3. The first-order chi connectivity index (χ1) is 14.4. The van der Waals surface area contributed by atoms with E-state index in [0.29, 0.717) is 43.2 Å². The van der Waals surface area contributed by atoms with Gasteiger partial charge in [-0.2, -0.15) is 4.31 Å². The van der Waals surface area contributed by atoms with Gasteiger partial charge < -0.3 is 14.5 Å². The van der Waals surface area contributed by atoms with Crippen LogP contribution in [0.25, 0.3) is 0 Å². The Kier molecular flexibility index (Phi) is 5.66. The van der Waals surface area contributed by atoms with E-state index in [9.17, 15) is 17.6 Å². The van der Waals surface area contributed by atoms with Gasteiger partial charge in [-0.1, -0.05) is 12.1 Å². The fourth-order valence-electron chi connectivity index (χ4n) is 3.97. The Morgan fingerprint density at radius 2 is 1.70 bits per heavy atom. The monoisotopic (exact) mass is 433 g/mol. The van der Waals surface area contributed by atoms with Crippen molar-refractivity contribution in [1.29, 1.82) is 0 Å². The van der Waals surface area contributed by atoms with Crippen molar-refractivity contribution in [2.24, 2.45) is 0 Å². The summed E-state index contributed by atoms with van der Waals surface area (Å²) in [6.07, 6.45) is 1.18. The molecule has 7 nitrogen and oxygen atoms in total. The van der Waals surface area contributed by atoms with Crippen molar-refractivity contribution in [3.05, 3.63) is 48.3 Å². The maximum atomic E-state index is 14.0. The van der Waals surface area contributed by atoms with Crippen LogP contribution in [0.4, 0.5) is 15.8 Å². The molecule has 160 valence electrons. The summed E-state index contributed by atoms with van der Waals surface area (Å²) in [5, 5.41) is 0. The molecule has 0 saturated carbocycles. The predicted octanol–water partition coefficient (Wildman–Crippen LogP) is 2.47. The summed E-state index contributed by atoms with van der Waals surface area (Å²) in [6, 6.07) is 11.1. The Balaban J connectivity index is 1.56. The quantitative estimate of drug-likeness (QED) is 0.725. The minimum Gasteiger partial charge on any atom is -0.495 e. The molecule has 0 bridgehead atoms. The number of carbonyl (C=O) groups is 1. The van der Waals surface area contributed by atoms with Crippen molar-refractivity contribution >= 4 is 27.3 Å². The molecule has 0 spiro atoms. The zero-order chi connectivity index (χ0) is 21.3. The molecule has 2 aliphatic heterocycles. The van der Waals surface area contributed by atoms with E-state index in [1.165, 1.54) is 29.6 Å². The van der Waals surface area contributed by atoms with Gasteiger partial charge >= 0.3 is 0 Å². The van der Waals surface area contributed by atoms with Crippen LogP contribution in [-0.4, -0.2) is 58.5 Å². The number of halogens is 1. The van der Waals surface area contributed by atoms with E-state index in [-0.39, 0.29) is 29.7 Å². The van der Waals surface area contributed by atoms with Crippen LogP contribution in [0, 0.1) is 5.82 Å². The fraction of sp³-hybridized carbons (Fsp3) is 0.381. The summed E-state index contributed by atoms with van der Waals surface area (Å²) in [5.41, 5.74) is 0.958. The van der Waals surface area contributed by atoms with E-state index in [1.807, 2.05) is 4.90 Å². The summed E-state index contributed by atoms with van der Waals surface area (Å²) in [5.74, 6) is 0.110. The van der Waals surface area contributed by atoms with Gasteiger partial charge in [0, 0.05) is 39.1 Å². The number of benzene rings is 2. The highest BCUT2D eigenvalue weighted by molar-refractivity contribution is 7.89. The number of para-hydroxylation sites is 1. The van der Waals surface area contributed by atoms with E-state index >= 15 is 0 Å². The molecular formula is C21H24FN3O4S. The lowest BCUT2D eigenvalue weighted by atomic mass is 10.2. The third-order valence-corrected chi connectivity index (χ3v) is 7.48. The van der Waals surface area contributed by atoms with Gasteiger partial charge in [-0.05, 0) is 36.8 Å². The van der Waals surface area contributed by atoms with Gasteiger partial charge in [0.25, 0.3) is 0 Å². The van der Waals surface area contributed by atoms with Crippen LogP contribution in [0.3, 0.4) is 0 Å². The van der Waals surface area contributed by atoms with Crippen LogP contribution in [0.1, 0.15) is 12.8 Å². The number of anilines is 2. The van der Waals surface area contributed by atoms with Crippen molar-refractivity contribution in [3.63, 3.8) is 0 Å². The summed E-state index contributed by atoms with van der Waals surface area (Å²) in [6.45, 7) is 1.84. The number of amides is 1. The summed E-state index contributed by atoms with van der Waals surface area (Å²) in [4.78, 5) is 15.7. The van der Waals surface area contributed by atoms with Gasteiger partial charge in [-0.3, -0.25) is 4.79 Å². The van der Waals surface area contributed by atoms with E-state index in [2.05, 4.69) is 0 Å². The first kappa shape index (κ1) is 20.6. The number of piperazine rings is 1. The SMILES string of the molecule is COc1ccc(S(=O)(=O)N2CCN(c3ccccc3F)CC2)cc1N1CCCC1=O. The maximum absolute atomic E-state index is 14.0. The predicted molar refractivity (Wildman–Crippen MR) is 112 cm³/mol. The number of methoxy groups -OCH3 is 1. The molecule has 30 heavy (non-hydrogen) atoms. The zero-order valence-corrected chi connectivity index (χ0v) is 17.6. The fourth-order valence-corrected chi connectivity index (χ4v) is 5.41. The Hall–Kier alpha value is -2.65. The Bertz CT molecular complexity index is 1050. The van der Waals surface area contributed by atoms with Crippen LogP contribution in [-0.2, 0) is 14.8 Å². The van der Waals surface area contributed by atoms with E-state index < -0.39 is 10.0 Å². The minimum absolute atomic E-state index is 0.0404. The number of sulfonamides is 1. The highest BCUT2D eigenvalue weighted by Gasteiger charge is 2.31.